The van der Waals surface area contributed by atoms with Gasteiger partial charge in [-0.1, -0.05) is 12.1 Å². The summed E-state index contributed by atoms with van der Waals surface area (Å²) < 4.78 is 0.664. The third kappa shape index (κ3) is 2.43. The predicted octanol–water partition coefficient (Wildman–Crippen LogP) is 1.50. The smallest absolute Gasteiger partial charge is 0.134 e. The van der Waals surface area contributed by atoms with Gasteiger partial charge in [0.05, 0.1) is 4.47 Å². The fourth-order valence-corrected chi connectivity index (χ4v) is 1.55. The third-order valence-electron chi connectivity index (χ3n) is 1.90. The number of para-hydroxylation sites is 1. The predicted molar refractivity (Wildman–Crippen MR) is 56.4 cm³/mol. The summed E-state index contributed by atoms with van der Waals surface area (Å²) in [6, 6.07) is 5.23. The highest BCUT2D eigenvalue weighted by Gasteiger charge is 2.11. The van der Waals surface area contributed by atoms with Crippen LogP contribution in [0.15, 0.2) is 22.7 Å². The molecular formula is C9H13BrN2O. The summed E-state index contributed by atoms with van der Waals surface area (Å²) in [5.41, 5.74) is 11.9. The number of benzene rings is 1. The summed E-state index contributed by atoms with van der Waals surface area (Å²) >= 11 is 3.23. The highest BCUT2D eigenvalue weighted by atomic mass is 79.9. The molecule has 0 spiro atoms. The van der Waals surface area contributed by atoms with Gasteiger partial charge < -0.3 is 16.6 Å². The molecule has 0 fully saturated rings. The molecule has 1 aromatic rings. The van der Waals surface area contributed by atoms with E-state index in [1.54, 1.807) is 12.1 Å². The maximum atomic E-state index is 9.63. The molecule has 13 heavy (non-hydrogen) atoms. The van der Waals surface area contributed by atoms with E-state index in [1.165, 1.54) is 0 Å². The van der Waals surface area contributed by atoms with Crippen molar-refractivity contribution in [3.05, 3.63) is 28.2 Å². The Morgan fingerprint density at radius 1 is 1.46 bits per heavy atom. The first kappa shape index (κ1) is 10.5. The van der Waals surface area contributed by atoms with Crippen molar-refractivity contribution in [3.8, 4) is 5.75 Å². The van der Waals surface area contributed by atoms with Gasteiger partial charge in [0.25, 0.3) is 0 Å². The van der Waals surface area contributed by atoms with Crippen LogP contribution < -0.4 is 11.5 Å². The molecule has 0 aromatic heterocycles. The van der Waals surface area contributed by atoms with Crippen LogP contribution in [-0.2, 0) is 0 Å². The van der Waals surface area contributed by atoms with E-state index in [0.717, 1.165) is 5.56 Å². The molecule has 0 radical (unpaired) electrons. The third-order valence-corrected chi connectivity index (χ3v) is 2.54. The van der Waals surface area contributed by atoms with Crippen LogP contribution in [0.25, 0.3) is 0 Å². The minimum atomic E-state index is -0.192. The van der Waals surface area contributed by atoms with Crippen molar-refractivity contribution >= 4 is 15.9 Å². The van der Waals surface area contributed by atoms with Crippen molar-refractivity contribution in [1.82, 2.24) is 0 Å². The Kier molecular flexibility index (Phi) is 3.71. The van der Waals surface area contributed by atoms with Crippen LogP contribution in [-0.4, -0.2) is 11.7 Å². The number of hydrogen-bond acceptors (Lipinski definition) is 3. The minimum absolute atomic E-state index is 0.192. The number of hydrogen-bond donors (Lipinski definition) is 3. The summed E-state index contributed by atoms with van der Waals surface area (Å²) in [5.74, 6) is 0.212. The van der Waals surface area contributed by atoms with Crippen LogP contribution in [0, 0.1) is 0 Å². The van der Waals surface area contributed by atoms with Gasteiger partial charge in [-0.3, -0.25) is 0 Å². The van der Waals surface area contributed by atoms with Crippen LogP contribution >= 0.6 is 15.9 Å². The van der Waals surface area contributed by atoms with Gasteiger partial charge in [0, 0.05) is 11.6 Å². The normalized spacial score (nSPS) is 12.8. The maximum absolute atomic E-state index is 9.63. The Labute approximate surface area is 85.9 Å². The fraction of sp³-hybridized carbons (Fsp3) is 0.333. The average molecular weight is 245 g/mol. The molecule has 1 atom stereocenters. The summed E-state index contributed by atoms with van der Waals surface area (Å²) in [4.78, 5) is 0. The van der Waals surface area contributed by atoms with Gasteiger partial charge in [0.2, 0.25) is 0 Å². The van der Waals surface area contributed by atoms with Gasteiger partial charge in [-0.25, -0.2) is 0 Å². The molecule has 0 aliphatic carbocycles. The molecule has 72 valence electrons. The lowest BCUT2D eigenvalue weighted by molar-refractivity contribution is 0.456. The SMILES string of the molecule is NCC[C@H](N)c1cccc(Br)c1O. The Balaban J connectivity index is 2.93. The van der Waals surface area contributed by atoms with E-state index < -0.39 is 0 Å². The highest BCUT2D eigenvalue weighted by molar-refractivity contribution is 9.10. The second-order valence-corrected chi connectivity index (χ2v) is 3.72. The van der Waals surface area contributed by atoms with Crippen LogP contribution in [0.1, 0.15) is 18.0 Å². The van der Waals surface area contributed by atoms with Crippen molar-refractivity contribution in [2.75, 3.05) is 6.54 Å². The first-order valence-electron chi connectivity index (χ1n) is 4.10. The van der Waals surface area contributed by atoms with Crippen molar-refractivity contribution in [1.29, 1.82) is 0 Å². The molecule has 0 saturated carbocycles. The Bertz CT molecular complexity index is 291. The molecule has 0 bridgehead atoms. The van der Waals surface area contributed by atoms with Gasteiger partial charge >= 0.3 is 0 Å². The molecular weight excluding hydrogens is 232 g/mol. The van der Waals surface area contributed by atoms with Gasteiger partial charge in [-0.2, -0.15) is 0 Å². The molecule has 0 amide bonds. The van der Waals surface area contributed by atoms with Crippen LogP contribution in [0.5, 0.6) is 5.75 Å². The topological polar surface area (TPSA) is 72.3 Å². The number of aromatic hydroxyl groups is 1. The van der Waals surface area contributed by atoms with Gasteiger partial charge in [-0.15, -0.1) is 0 Å². The standard InChI is InChI=1S/C9H13BrN2O/c10-7-3-1-2-6(9(7)13)8(12)4-5-11/h1-3,8,13H,4-5,11-12H2/t8-/m0/s1. The molecule has 1 rings (SSSR count). The molecule has 0 heterocycles. The maximum Gasteiger partial charge on any atom is 0.134 e. The van der Waals surface area contributed by atoms with Crippen molar-refractivity contribution in [2.45, 2.75) is 12.5 Å². The number of phenolic OH excluding ortho intramolecular Hbond substituents is 1. The lowest BCUT2D eigenvalue weighted by atomic mass is 10.0. The molecule has 1 aromatic carbocycles. The van der Waals surface area contributed by atoms with E-state index in [1.807, 2.05) is 6.07 Å². The van der Waals surface area contributed by atoms with Crippen molar-refractivity contribution in [3.63, 3.8) is 0 Å². The lowest BCUT2D eigenvalue weighted by Gasteiger charge is -2.12. The largest absolute Gasteiger partial charge is 0.506 e. The monoisotopic (exact) mass is 244 g/mol. The first-order valence-corrected chi connectivity index (χ1v) is 4.89. The quantitative estimate of drug-likeness (QED) is 0.755. The van der Waals surface area contributed by atoms with E-state index in [-0.39, 0.29) is 11.8 Å². The second kappa shape index (κ2) is 4.60. The second-order valence-electron chi connectivity index (χ2n) is 2.86. The molecule has 3 nitrogen and oxygen atoms in total. The summed E-state index contributed by atoms with van der Waals surface area (Å²) in [6.45, 7) is 0.521. The van der Waals surface area contributed by atoms with Crippen LogP contribution in [0.3, 0.4) is 0 Å². The fourth-order valence-electron chi connectivity index (χ4n) is 1.17. The number of phenols is 1. The number of halogens is 1. The lowest BCUT2D eigenvalue weighted by Crippen LogP contribution is -2.15. The Morgan fingerprint density at radius 2 is 2.15 bits per heavy atom. The van der Waals surface area contributed by atoms with Gasteiger partial charge in [0.15, 0.2) is 0 Å². The molecule has 4 heteroatoms. The Morgan fingerprint density at radius 3 is 2.77 bits per heavy atom. The minimum Gasteiger partial charge on any atom is -0.506 e. The van der Waals surface area contributed by atoms with Crippen LogP contribution in [0.4, 0.5) is 0 Å². The molecule has 0 aliphatic rings. The number of rotatable bonds is 3. The molecule has 0 aliphatic heterocycles. The summed E-state index contributed by atoms with van der Waals surface area (Å²) in [7, 11) is 0. The van der Waals surface area contributed by atoms with Crippen LogP contribution in [0.2, 0.25) is 0 Å². The zero-order valence-electron chi connectivity index (χ0n) is 7.20. The zero-order chi connectivity index (χ0) is 9.84. The van der Waals surface area contributed by atoms with E-state index >= 15 is 0 Å². The van der Waals surface area contributed by atoms with Crippen molar-refractivity contribution < 1.29 is 5.11 Å². The molecule has 0 saturated heterocycles. The number of nitrogens with two attached hydrogens (primary N) is 2. The van der Waals surface area contributed by atoms with E-state index in [2.05, 4.69) is 15.9 Å². The van der Waals surface area contributed by atoms with Gasteiger partial charge in [-0.05, 0) is 35.0 Å². The van der Waals surface area contributed by atoms with Crippen molar-refractivity contribution in [2.24, 2.45) is 11.5 Å². The molecule has 5 N–H and O–H groups in total. The molecule has 0 unspecified atom stereocenters. The highest BCUT2D eigenvalue weighted by Crippen LogP contribution is 2.31. The van der Waals surface area contributed by atoms with Gasteiger partial charge in [0.1, 0.15) is 5.75 Å². The average Bonchev–Trinajstić information content (AvgIpc) is 2.10. The summed E-state index contributed by atoms with van der Waals surface area (Å²) in [5, 5.41) is 9.63. The zero-order valence-corrected chi connectivity index (χ0v) is 8.79. The Hall–Kier alpha value is -0.580. The van der Waals surface area contributed by atoms with E-state index in [4.69, 9.17) is 11.5 Å². The van der Waals surface area contributed by atoms with E-state index in [0.29, 0.717) is 17.4 Å². The summed E-state index contributed by atoms with van der Waals surface area (Å²) in [6.07, 6.45) is 0.671. The van der Waals surface area contributed by atoms with E-state index in [9.17, 15) is 5.11 Å². The first-order chi connectivity index (χ1) is 6.16.